The number of hydrogen-bond acceptors (Lipinski definition) is 4. The molecule has 0 bridgehead atoms. The number of aromatic nitrogens is 2. The van der Waals surface area contributed by atoms with Crippen molar-refractivity contribution in [3.63, 3.8) is 0 Å². The summed E-state index contributed by atoms with van der Waals surface area (Å²) >= 11 is 0. The van der Waals surface area contributed by atoms with Gasteiger partial charge in [0, 0.05) is 38.1 Å². The first-order valence-corrected chi connectivity index (χ1v) is 6.72. The maximum atomic E-state index is 12.3. The molecule has 0 atom stereocenters. The van der Waals surface area contributed by atoms with Gasteiger partial charge in [0.2, 0.25) is 0 Å². The molecule has 1 aliphatic carbocycles. The predicted molar refractivity (Wildman–Crippen MR) is 68.8 cm³/mol. The first kappa shape index (κ1) is 11.7. The lowest BCUT2D eigenvalue weighted by atomic mass is 9.98. The Kier molecular flexibility index (Phi) is 3.07. The van der Waals surface area contributed by atoms with Gasteiger partial charge >= 0.3 is 0 Å². The molecule has 2 fully saturated rings. The summed E-state index contributed by atoms with van der Waals surface area (Å²) in [5.41, 5.74) is 0.0439. The third-order valence-electron chi connectivity index (χ3n) is 3.96. The van der Waals surface area contributed by atoms with Crippen molar-refractivity contribution in [1.82, 2.24) is 9.55 Å². The van der Waals surface area contributed by atoms with Crippen LogP contribution in [-0.4, -0.2) is 34.4 Å². The lowest BCUT2D eigenvalue weighted by Crippen LogP contribution is -2.39. The van der Waals surface area contributed by atoms with Gasteiger partial charge in [-0.3, -0.25) is 4.79 Å². The molecule has 1 aromatic rings. The van der Waals surface area contributed by atoms with Crippen LogP contribution in [0.15, 0.2) is 17.2 Å². The van der Waals surface area contributed by atoms with Crippen molar-refractivity contribution in [2.75, 3.05) is 24.6 Å². The molecule has 1 saturated carbocycles. The zero-order valence-corrected chi connectivity index (χ0v) is 10.5. The summed E-state index contributed by atoms with van der Waals surface area (Å²) in [6.45, 7) is 1.90. The standard InChI is InChI=1S/C13H19N3O2/c17-9-10-3-6-15(7-4-10)12-13(18)16(8-5-14-12)11-1-2-11/h5,8,10-11,17H,1-4,6-7,9H2. The maximum absolute atomic E-state index is 12.3. The molecule has 1 aromatic heterocycles. The molecule has 5 heteroatoms. The number of aliphatic hydroxyl groups is 1. The van der Waals surface area contributed by atoms with Crippen LogP contribution in [0.5, 0.6) is 0 Å². The second-order valence-corrected chi connectivity index (χ2v) is 5.31. The highest BCUT2D eigenvalue weighted by Gasteiger charge is 2.27. The first-order chi connectivity index (χ1) is 8.79. The van der Waals surface area contributed by atoms with Gasteiger partial charge in [0.05, 0.1) is 0 Å². The van der Waals surface area contributed by atoms with Crippen LogP contribution in [0.3, 0.4) is 0 Å². The number of rotatable bonds is 3. The molecular weight excluding hydrogens is 230 g/mol. The minimum atomic E-state index is 0.0439. The van der Waals surface area contributed by atoms with Gasteiger partial charge in [-0.2, -0.15) is 0 Å². The molecule has 1 N–H and O–H groups in total. The normalized spacial score (nSPS) is 21.3. The predicted octanol–water partition coefficient (Wildman–Crippen LogP) is 0.787. The van der Waals surface area contributed by atoms with E-state index in [-0.39, 0.29) is 12.2 Å². The van der Waals surface area contributed by atoms with Crippen LogP contribution >= 0.6 is 0 Å². The summed E-state index contributed by atoms with van der Waals surface area (Å²) in [4.78, 5) is 18.6. The van der Waals surface area contributed by atoms with E-state index in [0.717, 1.165) is 38.8 Å². The highest BCUT2D eigenvalue weighted by Crippen LogP contribution is 2.33. The average molecular weight is 249 g/mol. The van der Waals surface area contributed by atoms with E-state index < -0.39 is 0 Å². The van der Waals surface area contributed by atoms with E-state index in [1.54, 1.807) is 12.4 Å². The quantitative estimate of drug-likeness (QED) is 0.860. The zero-order valence-electron chi connectivity index (χ0n) is 10.5. The number of aliphatic hydroxyl groups excluding tert-OH is 1. The Hall–Kier alpha value is -1.36. The van der Waals surface area contributed by atoms with Crippen LogP contribution in [0, 0.1) is 5.92 Å². The lowest BCUT2D eigenvalue weighted by molar-refractivity contribution is 0.202. The van der Waals surface area contributed by atoms with Gasteiger partial charge < -0.3 is 14.6 Å². The maximum Gasteiger partial charge on any atom is 0.293 e. The van der Waals surface area contributed by atoms with Gasteiger partial charge in [-0.15, -0.1) is 0 Å². The second-order valence-electron chi connectivity index (χ2n) is 5.31. The van der Waals surface area contributed by atoms with Crippen molar-refractivity contribution in [3.8, 4) is 0 Å². The molecule has 98 valence electrons. The Morgan fingerprint density at radius 1 is 1.28 bits per heavy atom. The molecule has 0 spiro atoms. The van der Waals surface area contributed by atoms with E-state index in [1.165, 1.54) is 0 Å². The Morgan fingerprint density at radius 3 is 2.61 bits per heavy atom. The Morgan fingerprint density at radius 2 is 2.00 bits per heavy atom. The van der Waals surface area contributed by atoms with Gasteiger partial charge in [-0.1, -0.05) is 0 Å². The number of hydrogen-bond donors (Lipinski definition) is 1. The fourth-order valence-electron chi connectivity index (χ4n) is 2.60. The monoisotopic (exact) mass is 249 g/mol. The summed E-state index contributed by atoms with van der Waals surface area (Å²) in [5.74, 6) is 0.969. The van der Waals surface area contributed by atoms with Gasteiger partial charge in [0.15, 0.2) is 5.82 Å². The largest absolute Gasteiger partial charge is 0.396 e. The lowest BCUT2D eigenvalue weighted by Gasteiger charge is -2.31. The average Bonchev–Trinajstić information content (AvgIpc) is 3.24. The van der Waals surface area contributed by atoms with Gasteiger partial charge in [0.25, 0.3) is 5.56 Å². The van der Waals surface area contributed by atoms with Gasteiger partial charge in [0.1, 0.15) is 0 Å². The fraction of sp³-hybridized carbons (Fsp3) is 0.692. The van der Waals surface area contributed by atoms with Crippen molar-refractivity contribution < 1.29 is 5.11 Å². The van der Waals surface area contributed by atoms with Crippen molar-refractivity contribution in [1.29, 1.82) is 0 Å². The van der Waals surface area contributed by atoms with Crippen LogP contribution in [0.2, 0.25) is 0 Å². The highest BCUT2D eigenvalue weighted by atomic mass is 16.3. The molecule has 0 radical (unpaired) electrons. The molecule has 1 aliphatic heterocycles. The summed E-state index contributed by atoms with van der Waals surface area (Å²) in [7, 11) is 0. The number of nitrogens with zero attached hydrogens (tertiary/aromatic N) is 3. The molecule has 0 unspecified atom stereocenters. The highest BCUT2D eigenvalue weighted by molar-refractivity contribution is 5.36. The van der Waals surface area contributed by atoms with E-state index in [2.05, 4.69) is 9.88 Å². The van der Waals surface area contributed by atoms with Crippen LogP contribution in [0.25, 0.3) is 0 Å². The Bertz CT molecular complexity index is 473. The van der Waals surface area contributed by atoms with E-state index >= 15 is 0 Å². The van der Waals surface area contributed by atoms with Crippen LogP contribution in [-0.2, 0) is 0 Å². The number of piperidine rings is 1. The van der Waals surface area contributed by atoms with Crippen molar-refractivity contribution in [2.45, 2.75) is 31.7 Å². The molecule has 18 heavy (non-hydrogen) atoms. The van der Waals surface area contributed by atoms with Crippen molar-refractivity contribution in [2.24, 2.45) is 5.92 Å². The summed E-state index contributed by atoms with van der Waals surface area (Å²) in [6.07, 6.45) is 7.62. The molecular formula is C13H19N3O2. The van der Waals surface area contributed by atoms with E-state index in [0.29, 0.717) is 17.8 Å². The Labute approximate surface area is 106 Å². The second kappa shape index (κ2) is 4.72. The minimum Gasteiger partial charge on any atom is -0.396 e. The van der Waals surface area contributed by atoms with Gasteiger partial charge in [-0.25, -0.2) is 4.98 Å². The van der Waals surface area contributed by atoms with Crippen LogP contribution in [0.1, 0.15) is 31.7 Å². The van der Waals surface area contributed by atoms with Crippen LogP contribution < -0.4 is 10.5 Å². The minimum absolute atomic E-state index is 0.0439. The molecule has 3 rings (SSSR count). The van der Waals surface area contributed by atoms with E-state index in [4.69, 9.17) is 5.11 Å². The van der Waals surface area contributed by atoms with E-state index in [9.17, 15) is 4.79 Å². The smallest absolute Gasteiger partial charge is 0.293 e. The molecule has 2 heterocycles. The topological polar surface area (TPSA) is 58.4 Å². The fourth-order valence-corrected chi connectivity index (χ4v) is 2.60. The first-order valence-electron chi connectivity index (χ1n) is 6.72. The molecule has 1 saturated heterocycles. The third-order valence-corrected chi connectivity index (χ3v) is 3.96. The van der Waals surface area contributed by atoms with Crippen molar-refractivity contribution in [3.05, 3.63) is 22.7 Å². The zero-order chi connectivity index (χ0) is 12.5. The number of anilines is 1. The van der Waals surface area contributed by atoms with E-state index in [1.807, 2.05) is 4.57 Å². The summed E-state index contributed by atoms with van der Waals surface area (Å²) < 4.78 is 1.82. The Balaban J connectivity index is 1.80. The molecule has 0 amide bonds. The molecule has 0 aromatic carbocycles. The third kappa shape index (κ3) is 2.14. The SMILES string of the molecule is O=c1c(N2CCC(CO)CC2)nccn1C1CC1. The summed E-state index contributed by atoms with van der Waals surface area (Å²) in [6, 6.07) is 0.397. The molecule has 2 aliphatic rings. The van der Waals surface area contributed by atoms with Crippen LogP contribution in [0.4, 0.5) is 5.82 Å². The van der Waals surface area contributed by atoms with Gasteiger partial charge in [-0.05, 0) is 31.6 Å². The summed E-state index contributed by atoms with van der Waals surface area (Å²) in [5, 5.41) is 9.13. The van der Waals surface area contributed by atoms with Crippen molar-refractivity contribution >= 4 is 5.82 Å². The molecule has 5 nitrogen and oxygen atoms in total.